The molecule has 9 aromatic carbocycles. The Morgan fingerprint density at radius 1 is 0.365 bits per heavy atom. The van der Waals surface area contributed by atoms with Gasteiger partial charge in [-0.25, -0.2) is 9.97 Å². The van der Waals surface area contributed by atoms with Gasteiger partial charge in [0.1, 0.15) is 33.8 Å². The number of imidazole rings is 2. The zero-order chi connectivity index (χ0) is 40.9. The number of fused-ring (bicyclic) bond motifs is 12. The Hall–Kier alpha value is -8.42. The lowest BCUT2D eigenvalue weighted by Gasteiger charge is -2.33. The molecule has 0 radical (unpaired) electrons. The quantitative estimate of drug-likeness (QED) is 0.166. The smallest absolute Gasteiger partial charge is 0.252 e. The summed E-state index contributed by atoms with van der Waals surface area (Å²) in [4.78, 5) is 11.2. The number of furan rings is 2. The normalized spacial score (nSPS) is 12.7. The van der Waals surface area contributed by atoms with Gasteiger partial charge < -0.3 is 8.83 Å². The number of benzene rings is 9. The summed E-state index contributed by atoms with van der Waals surface area (Å²) in [5.74, 6) is 1.75. The van der Waals surface area contributed by atoms with Gasteiger partial charge in [0.05, 0.1) is 11.0 Å². The van der Waals surface area contributed by atoms with Crippen molar-refractivity contribution in [1.29, 1.82) is 0 Å². The molecular formula is C56H31BN4O2. The molecule has 63 heavy (non-hydrogen) atoms. The molecule has 0 saturated carbocycles. The number of hydrogen-bond acceptors (Lipinski definition) is 4. The van der Waals surface area contributed by atoms with E-state index >= 15 is 0 Å². The molecule has 6 nitrogen and oxygen atoms in total. The van der Waals surface area contributed by atoms with Crippen LogP contribution in [-0.2, 0) is 0 Å². The molecule has 0 bridgehead atoms. The molecule has 6 heterocycles. The number of rotatable bonds is 4. The van der Waals surface area contributed by atoms with Crippen LogP contribution in [0, 0.1) is 0 Å². The molecule has 7 heteroatoms. The Balaban J connectivity index is 1.06. The average Bonchev–Trinajstić information content (AvgIpc) is 4.14. The summed E-state index contributed by atoms with van der Waals surface area (Å²) in [5.41, 5.74) is 19.7. The van der Waals surface area contributed by atoms with Crippen molar-refractivity contribution in [3.05, 3.63) is 188 Å². The molecule has 0 saturated heterocycles. The van der Waals surface area contributed by atoms with E-state index < -0.39 is 0 Å². The number of hydrogen-bond donors (Lipinski definition) is 0. The summed E-state index contributed by atoms with van der Waals surface area (Å²) in [6, 6.07) is 66.9. The minimum atomic E-state index is -0.132. The van der Waals surface area contributed by atoms with Crippen molar-refractivity contribution in [2.45, 2.75) is 0 Å². The summed E-state index contributed by atoms with van der Waals surface area (Å²) in [5, 5.41) is 4.29. The lowest BCUT2D eigenvalue weighted by atomic mass is 9.34. The molecule has 0 N–H and O–H groups in total. The van der Waals surface area contributed by atoms with E-state index in [4.69, 9.17) is 18.8 Å². The molecular weight excluding hydrogens is 771 g/mol. The Morgan fingerprint density at radius 2 is 0.762 bits per heavy atom. The highest BCUT2D eigenvalue weighted by molar-refractivity contribution is 7.00. The molecule has 0 aliphatic carbocycles. The van der Waals surface area contributed by atoms with E-state index in [-0.39, 0.29) is 6.71 Å². The van der Waals surface area contributed by atoms with Gasteiger partial charge in [-0.05, 0) is 62.9 Å². The molecule has 0 atom stereocenters. The van der Waals surface area contributed by atoms with E-state index in [1.807, 2.05) is 12.1 Å². The SMILES string of the molecule is c1ccc(-c2ccc(-c3nc4c5oc6ccccc6c5cc5c4n3-c3cccc4c3B5c3cc5c6ccccc6oc5c5nc(-c6ccc(-c7ccccc7)cc6)n-4c35)cc2)cc1. The van der Waals surface area contributed by atoms with Crippen LogP contribution in [0.1, 0.15) is 0 Å². The summed E-state index contributed by atoms with van der Waals surface area (Å²) < 4.78 is 18.3. The highest BCUT2D eigenvalue weighted by Crippen LogP contribution is 2.43. The van der Waals surface area contributed by atoms with E-state index in [1.165, 1.54) is 27.5 Å². The van der Waals surface area contributed by atoms with Gasteiger partial charge in [0.15, 0.2) is 11.2 Å². The highest BCUT2D eigenvalue weighted by atomic mass is 16.3. The monoisotopic (exact) mass is 802 g/mol. The molecule has 2 aliphatic heterocycles. The van der Waals surface area contributed by atoms with Crippen LogP contribution in [0.4, 0.5) is 0 Å². The fourth-order valence-electron chi connectivity index (χ4n) is 10.8. The first-order chi connectivity index (χ1) is 31.2. The van der Waals surface area contributed by atoms with Crippen LogP contribution >= 0.6 is 0 Å². The van der Waals surface area contributed by atoms with Gasteiger partial charge in [0.2, 0.25) is 0 Å². The highest BCUT2D eigenvalue weighted by Gasteiger charge is 2.43. The van der Waals surface area contributed by atoms with Crippen molar-refractivity contribution < 1.29 is 8.83 Å². The average molecular weight is 803 g/mol. The number of nitrogens with zero attached hydrogens (tertiary/aromatic N) is 4. The van der Waals surface area contributed by atoms with Crippen LogP contribution < -0.4 is 16.4 Å². The van der Waals surface area contributed by atoms with Crippen LogP contribution in [0.25, 0.3) is 122 Å². The molecule has 0 spiro atoms. The van der Waals surface area contributed by atoms with Gasteiger partial charge >= 0.3 is 0 Å². The third kappa shape index (κ3) is 4.42. The topological polar surface area (TPSA) is 61.9 Å². The molecule has 13 aromatic rings. The van der Waals surface area contributed by atoms with Crippen LogP contribution in [0.3, 0.4) is 0 Å². The first-order valence-corrected chi connectivity index (χ1v) is 21.4. The third-order valence-electron chi connectivity index (χ3n) is 13.6. The molecule has 290 valence electrons. The van der Waals surface area contributed by atoms with Gasteiger partial charge in [0, 0.05) is 44.0 Å². The fourth-order valence-corrected chi connectivity index (χ4v) is 10.8. The van der Waals surface area contributed by atoms with E-state index in [1.54, 1.807) is 0 Å². The second kappa shape index (κ2) is 12.1. The van der Waals surface area contributed by atoms with Gasteiger partial charge in [0.25, 0.3) is 6.71 Å². The van der Waals surface area contributed by atoms with Crippen LogP contribution in [0.2, 0.25) is 0 Å². The number of para-hydroxylation sites is 2. The van der Waals surface area contributed by atoms with E-state index in [2.05, 4.69) is 185 Å². The predicted molar refractivity (Wildman–Crippen MR) is 257 cm³/mol. The molecule has 0 fully saturated rings. The lowest BCUT2D eigenvalue weighted by molar-refractivity contribution is 0.671. The summed E-state index contributed by atoms with van der Waals surface area (Å²) >= 11 is 0. The standard InChI is InChI=1S/C56H31BN4O2/c1-3-12-32(13-4-1)34-22-26-36(27-23-34)55-58-49-51-42(30-40-38-16-7-9-20-46(38)62-53(40)49)57-43-31-41-39-17-8-10-21-47(39)63-54(41)50-52(43)61(45-19-11-18-44(48(45)57)60(51)55)56(59-50)37-28-24-35(25-29-37)33-14-5-2-6-15-33/h1-31H. The first-order valence-electron chi connectivity index (χ1n) is 21.4. The Labute approximate surface area is 360 Å². The molecule has 0 amide bonds. The number of aromatic nitrogens is 4. The molecule has 15 rings (SSSR count). The maximum Gasteiger partial charge on any atom is 0.252 e. The Bertz CT molecular complexity index is 3800. The van der Waals surface area contributed by atoms with Crippen molar-refractivity contribution in [3.8, 4) is 56.4 Å². The fraction of sp³-hybridized carbons (Fsp3) is 0. The van der Waals surface area contributed by atoms with Gasteiger partial charge in [-0.15, -0.1) is 0 Å². The van der Waals surface area contributed by atoms with Crippen LogP contribution in [0.15, 0.2) is 197 Å². The third-order valence-corrected chi connectivity index (χ3v) is 13.6. The zero-order valence-electron chi connectivity index (χ0n) is 33.6. The second-order valence-electron chi connectivity index (χ2n) is 16.8. The Morgan fingerprint density at radius 3 is 1.22 bits per heavy atom. The van der Waals surface area contributed by atoms with Crippen molar-refractivity contribution in [3.63, 3.8) is 0 Å². The zero-order valence-corrected chi connectivity index (χ0v) is 33.6. The predicted octanol–water partition coefficient (Wildman–Crippen LogP) is 12.0. The van der Waals surface area contributed by atoms with Crippen molar-refractivity contribution in [2.24, 2.45) is 0 Å². The maximum atomic E-state index is 6.76. The van der Waals surface area contributed by atoms with Crippen LogP contribution in [-0.4, -0.2) is 25.8 Å². The minimum absolute atomic E-state index is 0.132. The van der Waals surface area contributed by atoms with Crippen molar-refractivity contribution in [1.82, 2.24) is 19.1 Å². The first kappa shape index (κ1) is 33.3. The van der Waals surface area contributed by atoms with Crippen LogP contribution in [0.5, 0.6) is 0 Å². The Kier molecular flexibility index (Phi) is 6.41. The summed E-state index contributed by atoms with van der Waals surface area (Å²) in [7, 11) is 0. The second-order valence-corrected chi connectivity index (χ2v) is 16.8. The van der Waals surface area contributed by atoms with Gasteiger partial charge in [-0.2, -0.15) is 0 Å². The molecule has 0 unspecified atom stereocenters. The van der Waals surface area contributed by atoms with E-state index in [0.29, 0.717) is 0 Å². The van der Waals surface area contributed by atoms with E-state index in [0.717, 1.165) is 111 Å². The van der Waals surface area contributed by atoms with Gasteiger partial charge in [-0.1, -0.05) is 164 Å². The molecule has 4 aromatic heterocycles. The summed E-state index contributed by atoms with van der Waals surface area (Å²) in [6.45, 7) is -0.132. The van der Waals surface area contributed by atoms with E-state index in [9.17, 15) is 0 Å². The largest absolute Gasteiger partial charge is 0.454 e. The maximum absolute atomic E-state index is 6.76. The minimum Gasteiger partial charge on any atom is -0.454 e. The lowest BCUT2D eigenvalue weighted by Crippen LogP contribution is -2.59. The molecule has 2 aliphatic rings. The van der Waals surface area contributed by atoms with Crippen molar-refractivity contribution in [2.75, 3.05) is 0 Å². The summed E-state index contributed by atoms with van der Waals surface area (Å²) in [6.07, 6.45) is 0. The van der Waals surface area contributed by atoms with Gasteiger partial charge in [-0.3, -0.25) is 9.13 Å². The van der Waals surface area contributed by atoms with Crippen molar-refractivity contribution >= 4 is 89.0 Å².